The van der Waals surface area contributed by atoms with Crippen molar-refractivity contribution in [3.05, 3.63) is 23.8 Å². The SMILES string of the molecule is CCCCN(CCCC)C(=O)Nc1ccc(C)c(NC(=O)N(CCCC)CCCC)c1. The molecule has 4 amide bonds. The lowest BCUT2D eigenvalue weighted by molar-refractivity contribution is 0.209. The number of nitrogens with one attached hydrogen (secondary N) is 2. The number of nitrogens with zero attached hydrogens (tertiary/aromatic N) is 2. The van der Waals surface area contributed by atoms with Gasteiger partial charge < -0.3 is 20.4 Å². The summed E-state index contributed by atoms with van der Waals surface area (Å²) in [7, 11) is 0. The molecule has 176 valence electrons. The van der Waals surface area contributed by atoms with E-state index in [1.807, 2.05) is 34.9 Å². The molecule has 0 fully saturated rings. The van der Waals surface area contributed by atoms with E-state index in [1.54, 1.807) is 0 Å². The van der Waals surface area contributed by atoms with Crippen LogP contribution in [-0.2, 0) is 0 Å². The Balaban J connectivity index is 2.86. The van der Waals surface area contributed by atoms with E-state index >= 15 is 0 Å². The molecule has 0 unspecified atom stereocenters. The normalized spacial score (nSPS) is 10.6. The number of anilines is 2. The van der Waals surface area contributed by atoms with Gasteiger partial charge in [-0.3, -0.25) is 0 Å². The zero-order valence-corrected chi connectivity index (χ0v) is 20.4. The highest BCUT2D eigenvalue weighted by atomic mass is 16.2. The highest BCUT2D eigenvalue weighted by Gasteiger charge is 2.16. The summed E-state index contributed by atoms with van der Waals surface area (Å²) in [6, 6.07) is 5.56. The average molecular weight is 433 g/mol. The Hall–Kier alpha value is -2.24. The van der Waals surface area contributed by atoms with Crippen LogP contribution in [0.15, 0.2) is 18.2 Å². The van der Waals surface area contributed by atoms with Crippen LogP contribution >= 0.6 is 0 Å². The fourth-order valence-electron chi connectivity index (χ4n) is 3.26. The number of urea groups is 2. The maximum atomic E-state index is 12.9. The molecule has 31 heavy (non-hydrogen) atoms. The number of hydrogen-bond acceptors (Lipinski definition) is 2. The molecule has 0 atom stereocenters. The third-order valence-corrected chi connectivity index (χ3v) is 5.43. The molecule has 0 aliphatic rings. The molecule has 0 aliphatic heterocycles. The number of carbonyl (C=O) groups excluding carboxylic acids is 2. The first-order valence-electron chi connectivity index (χ1n) is 12.2. The Morgan fingerprint density at radius 1 is 0.710 bits per heavy atom. The topological polar surface area (TPSA) is 64.7 Å². The summed E-state index contributed by atoms with van der Waals surface area (Å²) in [6.07, 6.45) is 8.23. The predicted octanol–water partition coefficient (Wildman–Crippen LogP) is 6.86. The highest BCUT2D eigenvalue weighted by molar-refractivity contribution is 5.93. The Bertz CT molecular complexity index is 647. The maximum Gasteiger partial charge on any atom is 0.321 e. The molecule has 1 aromatic rings. The fourth-order valence-corrected chi connectivity index (χ4v) is 3.26. The molecule has 6 nitrogen and oxygen atoms in total. The lowest BCUT2D eigenvalue weighted by atomic mass is 10.1. The lowest BCUT2D eigenvalue weighted by Crippen LogP contribution is -2.37. The van der Waals surface area contributed by atoms with Gasteiger partial charge in [-0.25, -0.2) is 9.59 Å². The van der Waals surface area contributed by atoms with Gasteiger partial charge in [0.2, 0.25) is 0 Å². The Morgan fingerprint density at radius 2 is 1.13 bits per heavy atom. The minimum absolute atomic E-state index is 0.0685. The Morgan fingerprint density at radius 3 is 1.55 bits per heavy atom. The maximum absolute atomic E-state index is 12.9. The van der Waals surface area contributed by atoms with E-state index < -0.39 is 0 Å². The van der Waals surface area contributed by atoms with Gasteiger partial charge in [0.05, 0.1) is 0 Å². The summed E-state index contributed by atoms with van der Waals surface area (Å²) < 4.78 is 0. The number of hydrogen-bond donors (Lipinski definition) is 2. The molecule has 0 saturated carbocycles. The number of aryl methyl sites for hydroxylation is 1. The first-order valence-corrected chi connectivity index (χ1v) is 12.2. The van der Waals surface area contributed by atoms with Gasteiger partial charge in [0.15, 0.2) is 0 Å². The van der Waals surface area contributed by atoms with Crippen molar-refractivity contribution in [1.29, 1.82) is 0 Å². The standard InChI is InChI=1S/C25H44N4O2/c1-6-10-16-28(17-11-7-2)24(30)26-22-15-14-21(5)23(20-22)27-25(31)29(18-12-8-3)19-13-9-4/h14-15,20H,6-13,16-19H2,1-5H3,(H,26,30)(H,27,31). The van der Waals surface area contributed by atoms with Crippen molar-refractivity contribution < 1.29 is 9.59 Å². The second-order valence-electron chi connectivity index (χ2n) is 8.28. The van der Waals surface area contributed by atoms with Gasteiger partial charge in [0.1, 0.15) is 0 Å². The van der Waals surface area contributed by atoms with Crippen LogP contribution in [0.2, 0.25) is 0 Å². The van der Waals surface area contributed by atoms with Crippen molar-refractivity contribution in [3.8, 4) is 0 Å². The van der Waals surface area contributed by atoms with E-state index in [2.05, 4.69) is 38.3 Å². The number of amides is 4. The zero-order valence-electron chi connectivity index (χ0n) is 20.4. The van der Waals surface area contributed by atoms with Crippen LogP contribution < -0.4 is 10.6 Å². The number of unbranched alkanes of at least 4 members (excludes halogenated alkanes) is 4. The minimum atomic E-state index is -0.0736. The summed E-state index contributed by atoms with van der Waals surface area (Å²) in [6.45, 7) is 13.6. The van der Waals surface area contributed by atoms with Gasteiger partial charge >= 0.3 is 12.1 Å². The molecule has 6 heteroatoms. The van der Waals surface area contributed by atoms with Crippen LogP contribution in [0.1, 0.15) is 84.6 Å². The van der Waals surface area contributed by atoms with Crippen LogP contribution in [0.4, 0.5) is 21.0 Å². The van der Waals surface area contributed by atoms with E-state index in [9.17, 15) is 9.59 Å². The van der Waals surface area contributed by atoms with E-state index in [0.717, 1.165) is 88.8 Å². The van der Waals surface area contributed by atoms with Gasteiger partial charge in [0.25, 0.3) is 0 Å². The third kappa shape index (κ3) is 10.1. The molecule has 0 spiro atoms. The van der Waals surface area contributed by atoms with Gasteiger partial charge in [0, 0.05) is 37.6 Å². The molecule has 1 aromatic carbocycles. The molecule has 0 aliphatic carbocycles. The van der Waals surface area contributed by atoms with Crippen molar-refractivity contribution in [1.82, 2.24) is 9.80 Å². The van der Waals surface area contributed by atoms with Crippen LogP contribution in [0.3, 0.4) is 0 Å². The molecule has 0 bridgehead atoms. The second-order valence-corrected chi connectivity index (χ2v) is 8.28. The first kappa shape index (κ1) is 26.8. The summed E-state index contributed by atoms with van der Waals surface area (Å²) in [5.41, 5.74) is 2.43. The van der Waals surface area contributed by atoms with Crippen LogP contribution in [0.5, 0.6) is 0 Å². The quantitative estimate of drug-likeness (QED) is 0.337. The Labute approximate surface area is 189 Å². The molecule has 1 rings (SSSR count). The van der Waals surface area contributed by atoms with Gasteiger partial charge in [-0.05, 0) is 50.3 Å². The summed E-state index contributed by atoms with van der Waals surface area (Å²) >= 11 is 0. The van der Waals surface area contributed by atoms with Crippen LogP contribution in [0.25, 0.3) is 0 Å². The summed E-state index contributed by atoms with van der Waals surface area (Å²) in [5.74, 6) is 0. The first-order chi connectivity index (χ1) is 15.0. The third-order valence-electron chi connectivity index (χ3n) is 5.43. The van der Waals surface area contributed by atoms with Crippen molar-refractivity contribution in [3.63, 3.8) is 0 Å². The van der Waals surface area contributed by atoms with Crippen molar-refractivity contribution >= 4 is 23.4 Å². The minimum Gasteiger partial charge on any atom is -0.325 e. The monoisotopic (exact) mass is 432 g/mol. The van der Waals surface area contributed by atoms with Gasteiger partial charge in [-0.2, -0.15) is 0 Å². The average Bonchev–Trinajstić information content (AvgIpc) is 2.76. The lowest BCUT2D eigenvalue weighted by Gasteiger charge is -2.24. The molecular formula is C25H44N4O2. The molecule has 0 saturated heterocycles. The summed E-state index contributed by atoms with van der Waals surface area (Å²) in [4.78, 5) is 29.5. The number of benzene rings is 1. The Kier molecular flexibility index (Phi) is 13.4. The van der Waals surface area contributed by atoms with Crippen molar-refractivity contribution in [2.75, 3.05) is 36.8 Å². The number of rotatable bonds is 14. The molecule has 0 heterocycles. The van der Waals surface area contributed by atoms with Gasteiger partial charge in [-0.15, -0.1) is 0 Å². The van der Waals surface area contributed by atoms with E-state index in [-0.39, 0.29) is 12.1 Å². The highest BCUT2D eigenvalue weighted by Crippen LogP contribution is 2.21. The van der Waals surface area contributed by atoms with Crippen molar-refractivity contribution in [2.45, 2.75) is 86.0 Å². The molecular weight excluding hydrogens is 388 g/mol. The number of carbonyl (C=O) groups is 2. The predicted molar refractivity (Wildman–Crippen MR) is 132 cm³/mol. The van der Waals surface area contributed by atoms with Crippen molar-refractivity contribution in [2.24, 2.45) is 0 Å². The van der Waals surface area contributed by atoms with E-state index in [4.69, 9.17) is 0 Å². The molecule has 0 aromatic heterocycles. The van der Waals surface area contributed by atoms with E-state index in [0.29, 0.717) is 5.69 Å². The largest absolute Gasteiger partial charge is 0.325 e. The molecule has 0 radical (unpaired) electrons. The molecule has 2 N–H and O–H groups in total. The van der Waals surface area contributed by atoms with Crippen LogP contribution in [-0.4, -0.2) is 48.0 Å². The van der Waals surface area contributed by atoms with Gasteiger partial charge in [-0.1, -0.05) is 59.4 Å². The fraction of sp³-hybridized carbons (Fsp3) is 0.680. The smallest absolute Gasteiger partial charge is 0.321 e. The zero-order chi connectivity index (χ0) is 23.1. The van der Waals surface area contributed by atoms with Crippen LogP contribution in [0, 0.1) is 6.92 Å². The summed E-state index contributed by atoms with van der Waals surface area (Å²) in [5, 5.41) is 6.08. The second kappa shape index (κ2) is 15.5. The van der Waals surface area contributed by atoms with E-state index in [1.165, 1.54) is 0 Å².